The monoisotopic (exact) mass is 222 g/mol. The molecule has 0 fully saturated rings. The zero-order valence-corrected chi connectivity index (χ0v) is 8.83. The van der Waals surface area contributed by atoms with Crippen molar-refractivity contribution in [3.05, 3.63) is 30.5 Å². The number of rotatable bonds is 5. The van der Waals surface area contributed by atoms with Crippen LogP contribution < -0.4 is 21.1 Å². The van der Waals surface area contributed by atoms with Crippen molar-refractivity contribution in [2.75, 3.05) is 29.5 Å². The maximum Gasteiger partial charge on any atom is 0.323 e. The van der Waals surface area contributed by atoms with E-state index in [0.717, 1.165) is 0 Å². The van der Waals surface area contributed by atoms with Gasteiger partial charge in [0.1, 0.15) is 0 Å². The van der Waals surface area contributed by atoms with Crippen LogP contribution >= 0.6 is 0 Å². The Labute approximate surface area is 93.3 Å². The van der Waals surface area contributed by atoms with E-state index in [1.54, 1.807) is 17.1 Å². The molecule has 7 heteroatoms. The van der Waals surface area contributed by atoms with E-state index in [1.165, 1.54) is 0 Å². The Morgan fingerprint density at radius 1 is 1.19 bits per heavy atom. The van der Waals surface area contributed by atoms with Gasteiger partial charge >= 0.3 is 17.8 Å². The van der Waals surface area contributed by atoms with Crippen molar-refractivity contribution in [1.82, 2.24) is 9.97 Å². The second-order valence-electron chi connectivity index (χ2n) is 3.02. The average Bonchev–Trinajstić information content (AvgIpc) is 2.25. The molecular formula is C9H14N6O. The molecule has 1 rings (SSSR count). The van der Waals surface area contributed by atoms with Crippen LogP contribution in [0.25, 0.3) is 0 Å². The van der Waals surface area contributed by atoms with Crippen molar-refractivity contribution in [3.8, 4) is 0 Å². The Morgan fingerprint density at radius 2 is 1.62 bits per heavy atom. The van der Waals surface area contributed by atoms with Crippen LogP contribution in [0.3, 0.4) is 0 Å². The average molecular weight is 222 g/mol. The lowest BCUT2D eigenvalue weighted by Crippen LogP contribution is -2.38. The Kier molecular flexibility index (Phi) is 3.65. The van der Waals surface area contributed by atoms with Crippen molar-refractivity contribution in [2.24, 2.45) is 0 Å². The summed E-state index contributed by atoms with van der Waals surface area (Å²) in [7, 11) is 0. The van der Waals surface area contributed by atoms with Gasteiger partial charge in [-0.05, 0) is 0 Å². The molecule has 0 aliphatic carbocycles. The maximum atomic E-state index is 11.1. The molecule has 4 N–H and O–H groups in total. The fourth-order valence-electron chi connectivity index (χ4n) is 1.13. The minimum Gasteiger partial charge on any atom is -0.762 e. The highest BCUT2D eigenvalue weighted by Gasteiger charge is 2.15. The number of nitrogen functional groups attached to an aromatic ring is 2. The predicted octanol–water partition coefficient (Wildman–Crippen LogP) is -0.547. The lowest BCUT2D eigenvalue weighted by atomic mass is 10.4. The number of hydrogen-bond donors (Lipinski definition) is 2. The molecule has 0 saturated carbocycles. The number of nitrogens with two attached hydrogens (primary N) is 2. The van der Waals surface area contributed by atoms with Gasteiger partial charge in [0.15, 0.2) is 0 Å². The summed E-state index contributed by atoms with van der Waals surface area (Å²) in [6.45, 7) is 8.23. The van der Waals surface area contributed by atoms with E-state index in [9.17, 15) is 5.21 Å². The van der Waals surface area contributed by atoms with E-state index in [2.05, 4.69) is 23.1 Å². The highest BCUT2D eigenvalue weighted by molar-refractivity contribution is 5.37. The second kappa shape index (κ2) is 4.96. The van der Waals surface area contributed by atoms with Gasteiger partial charge < -0.3 is 21.6 Å². The minimum atomic E-state index is -0.236. The van der Waals surface area contributed by atoms with Crippen LogP contribution in [-0.4, -0.2) is 23.1 Å². The Hall–Kier alpha value is -2.31. The highest BCUT2D eigenvalue weighted by Crippen LogP contribution is 2.08. The summed E-state index contributed by atoms with van der Waals surface area (Å²) >= 11 is 0. The van der Waals surface area contributed by atoms with E-state index in [1.807, 2.05) is 0 Å². The molecule has 0 aliphatic heterocycles. The maximum absolute atomic E-state index is 11.1. The van der Waals surface area contributed by atoms with Gasteiger partial charge in [0, 0.05) is 13.1 Å². The highest BCUT2D eigenvalue weighted by atomic mass is 16.5. The van der Waals surface area contributed by atoms with Crippen LogP contribution in [0.5, 0.6) is 0 Å². The van der Waals surface area contributed by atoms with Crippen LogP contribution in [0.1, 0.15) is 0 Å². The van der Waals surface area contributed by atoms with E-state index >= 15 is 0 Å². The third kappa shape index (κ3) is 2.38. The molecule has 0 radical (unpaired) electrons. The quantitative estimate of drug-likeness (QED) is 0.393. The van der Waals surface area contributed by atoms with Gasteiger partial charge in [0.2, 0.25) is 0 Å². The molecule has 0 aliphatic rings. The fourth-order valence-corrected chi connectivity index (χ4v) is 1.13. The molecule has 0 spiro atoms. The molecule has 16 heavy (non-hydrogen) atoms. The van der Waals surface area contributed by atoms with Crippen LogP contribution in [0.2, 0.25) is 0 Å². The summed E-state index contributed by atoms with van der Waals surface area (Å²) in [5.74, 6) is -0.192. The standard InChI is InChI=1S/C9H14N6O/c1-3-5-14(6-4-2)9-12-7(10)15(16)8(11)13-9/h3-4H,1-2,5-6H2,(H4,10,11,12,13). The topological polar surface area (TPSA) is 108 Å². The fraction of sp³-hybridized carbons (Fsp3) is 0.222. The van der Waals surface area contributed by atoms with Crippen LogP contribution in [0, 0.1) is 5.21 Å². The van der Waals surface area contributed by atoms with Crippen molar-refractivity contribution < 1.29 is 4.73 Å². The van der Waals surface area contributed by atoms with Crippen LogP contribution in [0.4, 0.5) is 17.8 Å². The van der Waals surface area contributed by atoms with E-state index in [-0.39, 0.29) is 22.6 Å². The number of hydrogen-bond acceptors (Lipinski definition) is 6. The van der Waals surface area contributed by atoms with Gasteiger partial charge in [-0.1, -0.05) is 22.1 Å². The molecule has 0 amide bonds. The molecule has 0 saturated heterocycles. The summed E-state index contributed by atoms with van der Waals surface area (Å²) in [4.78, 5) is 9.41. The summed E-state index contributed by atoms with van der Waals surface area (Å²) in [6, 6.07) is 0. The molecule has 0 aromatic carbocycles. The summed E-state index contributed by atoms with van der Waals surface area (Å²) in [5.41, 5.74) is 10.8. The van der Waals surface area contributed by atoms with Gasteiger partial charge in [-0.25, -0.2) is 4.73 Å². The smallest absolute Gasteiger partial charge is 0.323 e. The van der Waals surface area contributed by atoms with E-state index in [4.69, 9.17) is 11.5 Å². The number of aromatic nitrogens is 3. The molecule has 0 atom stereocenters. The molecule has 86 valence electrons. The van der Waals surface area contributed by atoms with Crippen LogP contribution in [-0.2, 0) is 0 Å². The van der Waals surface area contributed by atoms with Crippen molar-refractivity contribution in [1.29, 1.82) is 0 Å². The molecule has 0 unspecified atom stereocenters. The Morgan fingerprint density at radius 3 is 2.00 bits per heavy atom. The van der Waals surface area contributed by atoms with Gasteiger partial charge in [-0.3, -0.25) is 0 Å². The number of anilines is 3. The van der Waals surface area contributed by atoms with Crippen molar-refractivity contribution in [2.45, 2.75) is 0 Å². The van der Waals surface area contributed by atoms with Gasteiger partial charge in [0.05, 0.1) is 0 Å². The predicted molar refractivity (Wildman–Crippen MR) is 62.4 cm³/mol. The summed E-state index contributed by atoms with van der Waals surface area (Å²) in [5, 5.41) is 11.1. The first-order valence-electron chi connectivity index (χ1n) is 4.59. The minimum absolute atomic E-state index is 0.236. The Bertz CT molecular complexity index is 372. The van der Waals surface area contributed by atoms with Crippen LogP contribution in [0.15, 0.2) is 25.3 Å². The van der Waals surface area contributed by atoms with Gasteiger partial charge in [-0.15, -0.1) is 13.2 Å². The zero-order valence-electron chi connectivity index (χ0n) is 8.83. The summed E-state index contributed by atoms with van der Waals surface area (Å²) in [6.07, 6.45) is 3.36. The van der Waals surface area contributed by atoms with E-state index < -0.39 is 0 Å². The molecular weight excluding hydrogens is 208 g/mol. The third-order valence-electron chi connectivity index (χ3n) is 1.83. The second-order valence-corrected chi connectivity index (χ2v) is 3.02. The van der Waals surface area contributed by atoms with Gasteiger partial charge in [-0.2, -0.15) is 0 Å². The van der Waals surface area contributed by atoms with Crippen molar-refractivity contribution in [3.63, 3.8) is 0 Å². The Balaban J connectivity index is 3.08. The van der Waals surface area contributed by atoms with E-state index in [0.29, 0.717) is 13.1 Å². The molecule has 1 heterocycles. The number of nitrogens with zero attached hydrogens (tertiary/aromatic N) is 4. The van der Waals surface area contributed by atoms with Gasteiger partial charge in [0.25, 0.3) is 0 Å². The normalized spacial score (nSPS) is 9.75. The first-order valence-corrected chi connectivity index (χ1v) is 4.59. The zero-order chi connectivity index (χ0) is 12.1. The van der Waals surface area contributed by atoms with Crippen molar-refractivity contribution >= 4 is 17.8 Å². The molecule has 0 bridgehead atoms. The lowest BCUT2D eigenvalue weighted by Gasteiger charge is -2.17. The molecule has 7 nitrogen and oxygen atoms in total. The lowest BCUT2D eigenvalue weighted by molar-refractivity contribution is -0.579. The first-order chi connectivity index (χ1) is 7.60. The SMILES string of the molecule is C=CCN(CC=C)c1nc(N)[n+]([O-])c(N)n1. The molecule has 1 aromatic heterocycles. The third-order valence-corrected chi connectivity index (χ3v) is 1.83. The molecule has 1 aromatic rings. The summed E-state index contributed by atoms with van der Waals surface area (Å²) < 4.78 is 0.267. The first kappa shape index (κ1) is 11.8. The largest absolute Gasteiger partial charge is 0.762 e.